The number of hydrogen-bond donors (Lipinski definition) is 3. The van der Waals surface area contributed by atoms with Crippen LogP contribution in [-0.2, 0) is 29.8 Å². The number of hydrogen-bond acceptors (Lipinski definition) is 6. The average Bonchev–Trinajstić information content (AvgIpc) is 3.26. The molecule has 0 aliphatic carbocycles. The third kappa shape index (κ3) is 6.57. The van der Waals surface area contributed by atoms with Crippen LogP contribution in [0.3, 0.4) is 0 Å². The van der Waals surface area contributed by atoms with E-state index in [1.807, 2.05) is 26.8 Å². The molecule has 3 aromatic rings. The summed E-state index contributed by atoms with van der Waals surface area (Å²) >= 11 is 19.5. The van der Waals surface area contributed by atoms with Crippen molar-refractivity contribution in [2.45, 2.75) is 75.9 Å². The smallest absolute Gasteiger partial charge is 0.277 e. The van der Waals surface area contributed by atoms with Crippen LogP contribution in [0.15, 0.2) is 54.6 Å². The first kappa shape index (κ1) is 35.0. The standard InChI is InChI=1S/C34H36Cl3N3O6S/c1-5-13-33(14-6-2,31(42)40-47(4,44)45)46-28-12-10-21(36)16-24(28)26-18-29(41)39-30(23-15-20(35)8-7-19(23)3)34(26)25-11-9-22(37)17-27(25)38-32(34)43/h7-12,15-17,26,30H,5-6,13-14,18H2,1-4H3,(H,38,43)(H,39,41)(H,40,42)/t26-,30+,34-/m1/s1. The maximum absolute atomic E-state index is 14.6. The lowest BCUT2D eigenvalue weighted by Gasteiger charge is -2.47. The van der Waals surface area contributed by atoms with Gasteiger partial charge >= 0.3 is 0 Å². The highest BCUT2D eigenvalue weighted by Gasteiger charge is 2.62. The number of piperidine rings is 1. The summed E-state index contributed by atoms with van der Waals surface area (Å²) in [6.45, 7) is 5.62. The monoisotopic (exact) mass is 719 g/mol. The van der Waals surface area contributed by atoms with E-state index in [1.54, 1.807) is 48.5 Å². The van der Waals surface area contributed by atoms with Gasteiger partial charge in [0.15, 0.2) is 5.60 Å². The Morgan fingerprint density at radius 2 is 1.55 bits per heavy atom. The molecule has 0 unspecified atom stereocenters. The highest BCUT2D eigenvalue weighted by atomic mass is 35.5. The molecule has 5 rings (SSSR count). The molecule has 3 atom stereocenters. The van der Waals surface area contributed by atoms with Crippen molar-refractivity contribution in [3.05, 3.63) is 91.9 Å². The first-order valence-corrected chi connectivity index (χ1v) is 18.3. The minimum Gasteiger partial charge on any atom is -0.477 e. The van der Waals surface area contributed by atoms with Gasteiger partial charge in [0, 0.05) is 38.7 Å². The minimum absolute atomic E-state index is 0.133. The molecule has 3 aromatic carbocycles. The number of halogens is 3. The van der Waals surface area contributed by atoms with E-state index in [0.717, 1.165) is 11.8 Å². The van der Waals surface area contributed by atoms with E-state index in [0.29, 0.717) is 50.3 Å². The molecule has 1 spiro atoms. The summed E-state index contributed by atoms with van der Waals surface area (Å²) in [4.78, 5) is 42.0. The van der Waals surface area contributed by atoms with Crippen molar-refractivity contribution in [2.24, 2.45) is 0 Å². The molecule has 0 radical (unpaired) electrons. The van der Waals surface area contributed by atoms with Gasteiger partial charge in [0.05, 0.1) is 12.3 Å². The van der Waals surface area contributed by atoms with Crippen molar-refractivity contribution in [1.29, 1.82) is 0 Å². The van der Waals surface area contributed by atoms with Crippen LogP contribution in [0.1, 0.15) is 80.2 Å². The second-order valence-electron chi connectivity index (χ2n) is 12.3. The molecular weight excluding hydrogens is 685 g/mol. The Morgan fingerprint density at radius 3 is 2.19 bits per heavy atom. The van der Waals surface area contributed by atoms with E-state index < -0.39 is 38.9 Å². The summed E-state index contributed by atoms with van der Waals surface area (Å²) in [5.41, 5.74) is -0.0485. The maximum atomic E-state index is 14.6. The SMILES string of the molecule is CCCC(CCC)(Oc1ccc(Cl)cc1[C@H]1CC(=O)N[C@@H](c2cc(Cl)ccc2C)[C@]12C(=O)Nc1cc(Cl)ccc12)C(=O)NS(C)(=O)=O. The molecule has 2 aliphatic rings. The molecule has 250 valence electrons. The largest absolute Gasteiger partial charge is 0.477 e. The van der Waals surface area contributed by atoms with Crippen LogP contribution in [0, 0.1) is 6.92 Å². The molecule has 2 aliphatic heterocycles. The zero-order chi connectivity index (χ0) is 34.3. The van der Waals surface area contributed by atoms with E-state index in [4.69, 9.17) is 39.5 Å². The fraction of sp³-hybridized carbons (Fsp3) is 0.382. The van der Waals surface area contributed by atoms with Crippen molar-refractivity contribution in [1.82, 2.24) is 10.0 Å². The fourth-order valence-electron chi connectivity index (χ4n) is 7.11. The Hall–Kier alpha value is -3.31. The number of carbonyl (C=O) groups is 3. The lowest BCUT2D eigenvalue weighted by atomic mass is 9.59. The topological polar surface area (TPSA) is 131 Å². The van der Waals surface area contributed by atoms with Gasteiger partial charge in [0.1, 0.15) is 11.2 Å². The molecule has 2 heterocycles. The highest BCUT2D eigenvalue weighted by molar-refractivity contribution is 7.89. The molecule has 9 nitrogen and oxygen atoms in total. The molecule has 3 N–H and O–H groups in total. The second-order valence-corrected chi connectivity index (χ2v) is 15.3. The van der Waals surface area contributed by atoms with E-state index in [2.05, 4.69) is 15.4 Å². The van der Waals surface area contributed by atoms with Gasteiger partial charge in [-0.1, -0.05) is 73.6 Å². The molecule has 0 saturated carbocycles. The van der Waals surface area contributed by atoms with Crippen molar-refractivity contribution in [3.8, 4) is 5.75 Å². The Labute approximate surface area is 289 Å². The molecule has 3 amide bonds. The van der Waals surface area contributed by atoms with Crippen LogP contribution in [0.4, 0.5) is 5.69 Å². The molecule has 0 aromatic heterocycles. The summed E-state index contributed by atoms with van der Waals surface area (Å²) in [6, 6.07) is 14.4. The third-order valence-corrected chi connectivity index (χ3v) is 10.2. The fourth-order valence-corrected chi connectivity index (χ4v) is 8.16. The van der Waals surface area contributed by atoms with Gasteiger partial charge in [0.25, 0.3) is 5.91 Å². The Morgan fingerprint density at radius 1 is 0.957 bits per heavy atom. The van der Waals surface area contributed by atoms with Crippen LogP contribution in [0.5, 0.6) is 5.75 Å². The predicted molar refractivity (Wildman–Crippen MR) is 184 cm³/mol. The summed E-state index contributed by atoms with van der Waals surface area (Å²) < 4.78 is 33.2. The second kappa shape index (κ2) is 13.3. The van der Waals surface area contributed by atoms with Crippen LogP contribution < -0.4 is 20.1 Å². The summed E-state index contributed by atoms with van der Waals surface area (Å²) in [7, 11) is -3.92. The van der Waals surface area contributed by atoms with Crippen molar-refractivity contribution < 1.29 is 27.5 Å². The minimum atomic E-state index is -3.92. The number of fused-ring (bicyclic) bond motifs is 2. The molecule has 47 heavy (non-hydrogen) atoms. The normalized spacial score (nSPS) is 20.8. The van der Waals surface area contributed by atoms with E-state index in [1.165, 1.54) is 0 Å². The van der Waals surface area contributed by atoms with E-state index in [-0.39, 0.29) is 36.8 Å². The highest BCUT2D eigenvalue weighted by Crippen LogP contribution is 2.59. The number of carbonyl (C=O) groups excluding carboxylic acids is 3. The lowest BCUT2D eigenvalue weighted by Crippen LogP contribution is -2.57. The Balaban J connectivity index is 1.79. The molecule has 13 heteroatoms. The summed E-state index contributed by atoms with van der Waals surface area (Å²) in [5, 5.41) is 7.25. The zero-order valence-corrected chi connectivity index (χ0v) is 29.5. The Bertz CT molecular complexity index is 1860. The van der Waals surface area contributed by atoms with E-state index in [9.17, 15) is 22.8 Å². The van der Waals surface area contributed by atoms with Gasteiger partial charge in [-0.2, -0.15) is 0 Å². The average molecular weight is 721 g/mol. The quantitative estimate of drug-likeness (QED) is 0.207. The predicted octanol–water partition coefficient (Wildman–Crippen LogP) is 6.98. The molecular formula is C34H36Cl3N3O6S. The molecule has 0 bridgehead atoms. The number of ether oxygens (including phenoxy) is 1. The Kier molecular flexibility index (Phi) is 9.91. The van der Waals surface area contributed by atoms with Gasteiger partial charge in [-0.15, -0.1) is 0 Å². The number of amides is 3. The number of benzene rings is 3. The maximum Gasteiger partial charge on any atom is 0.277 e. The van der Waals surface area contributed by atoms with Crippen molar-refractivity contribution >= 4 is 68.2 Å². The number of sulfonamides is 1. The number of aryl methyl sites for hydroxylation is 1. The van der Waals surface area contributed by atoms with Crippen molar-refractivity contribution in [2.75, 3.05) is 11.6 Å². The van der Waals surface area contributed by atoms with Crippen LogP contribution in [0.25, 0.3) is 0 Å². The molecule has 1 fully saturated rings. The lowest BCUT2D eigenvalue weighted by molar-refractivity contribution is -0.137. The van der Waals surface area contributed by atoms with Gasteiger partial charge in [-0.3, -0.25) is 14.4 Å². The van der Waals surface area contributed by atoms with Gasteiger partial charge < -0.3 is 15.4 Å². The number of anilines is 1. The third-order valence-electron chi connectivity index (χ3n) is 8.96. The number of nitrogens with one attached hydrogen (secondary N) is 3. The number of rotatable bonds is 10. The van der Waals surface area contributed by atoms with E-state index >= 15 is 0 Å². The van der Waals surface area contributed by atoms with Gasteiger partial charge in [-0.05, 0) is 78.9 Å². The van der Waals surface area contributed by atoms with Crippen LogP contribution >= 0.6 is 34.8 Å². The summed E-state index contributed by atoms with van der Waals surface area (Å²) in [6.07, 6.45) is 2.18. The van der Waals surface area contributed by atoms with Crippen LogP contribution in [0.2, 0.25) is 15.1 Å². The summed E-state index contributed by atoms with van der Waals surface area (Å²) in [5.74, 6) is -2.16. The van der Waals surface area contributed by atoms with Crippen LogP contribution in [-0.4, -0.2) is 38.0 Å². The van der Waals surface area contributed by atoms with Gasteiger partial charge in [0.2, 0.25) is 21.8 Å². The first-order chi connectivity index (χ1) is 22.1. The molecule has 1 saturated heterocycles. The zero-order valence-electron chi connectivity index (χ0n) is 26.4. The first-order valence-electron chi connectivity index (χ1n) is 15.3. The van der Waals surface area contributed by atoms with Gasteiger partial charge in [-0.25, -0.2) is 13.1 Å². The van der Waals surface area contributed by atoms with Crippen molar-refractivity contribution in [3.63, 3.8) is 0 Å².